The molecule has 0 saturated carbocycles. The molecule has 2 rings (SSSR count). The Bertz CT molecular complexity index is 977. The van der Waals surface area contributed by atoms with Gasteiger partial charge in [0.1, 0.15) is 5.82 Å². The molecule has 0 fully saturated rings. The predicted molar refractivity (Wildman–Crippen MR) is 88.2 cm³/mol. The van der Waals surface area contributed by atoms with Crippen LogP contribution in [0.4, 0.5) is 16.0 Å². The zero-order valence-corrected chi connectivity index (χ0v) is 15.3. The first-order chi connectivity index (χ1) is 12.1. The van der Waals surface area contributed by atoms with E-state index in [1.807, 2.05) is 0 Å². The molecule has 26 heavy (non-hydrogen) atoms. The molecule has 0 amide bonds. The van der Waals surface area contributed by atoms with Gasteiger partial charge in [0.2, 0.25) is 5.95 Å². The number of halogens is 1. The Hall–Kier alpha value is -2.22. The van der Waals surface area contributed by atoms with E-state index in [1.165, 1.54) is 31.2 Å². The van der Waals surface area contributed by atoms with Crippen molar-refractivity contribution in [2.45, 2.75) is 11.8 Å². The molecular formula is C13H15FN4O6S2. The maximum atomic E-state index is 13.2. The lowest BCUT2D eigenvalue weighted by Gasteiger charge is -2.09. The van der Waals surface area contributed by atoms with Crippen LogP contribution in [0.15, 0.2) is 29.2 Å². The monoisotopic (exact) mass is 406 g/mol. The second-order valence-electron chi connectivity index (χ2n) is 4.84. The summed E-state index contributed by atoms with van der Waals surface area (Å²) in [5.41, 5.74) is 0.293. The number of rotatable bonds is 8. The summed E-state index contributed by atoms with van der Waals surface area (Å²) in [4.78, 5) is 10.6. The minimum Gasteiger partial charge on any atom is -0.324 e. The van der Waals surface area contributed by atoms with Crippen LogP contribution in [-0.2, 0) is 28.6 Å². The van der Waals surface area contributed by atoms with Gasteiger partial charge >= 0.3 is 16.5 Å². The fourth-order valence-electron chi connectivity index (χ4n) is 1.81. The van der Waals surface area contributed by atoms with Crippen LogP contribution in [0.5, 0.6) is 0 Å². The molecule has 142 valence electrons. The SMILES string of the molecule is COS(=O)(=O)OCCS(=O)(=O)c1cccc(Nc2nc(C)nc(F)n2)c1. The molecule has 0 spiro atoms. The molecule has 0 bridgehead atoms. The summed E-state index contributed by atoms with van der Waals surface area (Å²) in [6.07, 6.45) is -0.972. The van der Waals surface area contributed by atoms with Crippen LogP contribution in [0.2, 0.25) is 0 Å². The van der Waals surface area contributed by atoms with Crippen molar-refractivity contribution in [2.75, 3.05) is 24.8 Å². The number of nitrogens with zero attached hydrogens (tertiary/aromatic N) is 3. The summed E-state index contributed by atoms with van der Waals surface area (Å²) in [6, 6.07) is 5.58. The lowest BCUT2D eigenvalue weighted by atomic mass is 10.3. The molecule has 13 heteroatoms. The number of benzene rings is 1. The molecule has 2 aromatic rings. The van der Waals surface area contributed by atoms with E-state index in [9.17, 15) is 21.2 Å². The van der Waals surface area contributed by atoms with E-state index in [-0.39, 0.29) is 16.7 Å². The maximum absolute atomic E-state index is 13.2. The first-order valence-corrected chi connectivity index (χ1v) is 10.0. The van der Waals surface area contributed by atoms with E-state index in [0.29, 0.717) is 5.69 Å². The van der Waals surface area contributed by atoms with Gasteiger partial charge in [0.05, 0.1) is 24.4 Å². The van der Waals surface area contributed by atoms with Gasteiger partial charge in [0, 0.05) is 5.69 Å². The van der Waals surface area contributed by atoms with Crippen molar-refractivity contribution < 1.29 is 29.6 Å². The van der Waals surface area contributed by atoms with E-state index >= 15 is 0 Å². The molecule has 0 atom stereocenters. The van der Waals surface area contributed by atoms with Crippen LogP contribution in [0.25, 0.3) is 0 Å². The number of nitrogens with one attached hydrogen (secondary N) is 1. The zero-order valence-electron chi connectivity index (χ0n) is 13.7. The van der Waals surface area contributed by atoms with Gasteiger partial charge < -0.3 is 5.32 Å². The molecular weight excluding hydrogens is 391 g/mol. The standard InChI is InChI=1S/C13H15FN4O6S2/c1-9-15-12(14)18-13(16-9)17-10-4-3-5-11(8-10)25(19,20)7-6-24-26(21,22)23-2/h3-5,8H,6-7H2,1-2H3,(H,15,16,17,18). The van der Waals surface area contributed by atoms with Crippen molar-refractivity contribution in [1.82, 2.24) is 15.0 Å². The van der Waals surface area contributed by atoms with Gasteiger partial charge in [-0.3, -0.25) is 4.18 Å². The van der Waals surface area contributed by atoms with Crippen molar-refractivity contribution >= 4 is 31.9 Å². The molecule has 0 saturated heterocycles. The highest BCUT2D eigenvalue weighted by molar-refractivity contribution is 7.91. The van der Waals surface area contributed by atoms with Crippen molar-refractivity contribution in [3.05, 3.63) is 36.2 Å². The fraction of sp³-hybridized carbons (Fsp3) is 0.308. The second kappa shape index (κ2) is 7.99. The van der Waals surface area contributed by atoms with Crippen LogP contribution < -0.4 is 5.32 Å². The third-order valence-corrected chi connectivity index (χ3v) is 5.49. The Morgan fingerprint density at radius 3 is 2.54 bits per heavy atom. The Labute approximate surface area is 149 Å². The molecule has 0 aliphatic heterocycles. The molecule has 0 unspecified atom stereocenters. The number of sulfone groups is 1. The van der Waals surface area contributed by atoms with E-state index in [4.69, 9.17) is 0 Å². The van der Waals surface area contributed by atoms with Crippen LogP contribution in [0, 0.1) is 13.0 Å². The van der Waals surface area contributed by atoms with Gasteiger partial charge in [-0.25, -0.2) is 12.6 Å². The molecule has 1 aromatic heterocycles. The highest BCUT2D eigenvalue weighted by Gasteiger charge is 2.18. The minimum absolute atomic E-state index is 0.0842. The Balaban J connectivity index is 2.14. The van der Waals surface area contributed by atoms with Crippen LogP contribution in [0.1, 0.15) is 5.82 Å². The summed E-state index contributed by atoms with van der Waals surface area (Å²) >= 11 is 0. The van der Waals surface area contributed by atoms with Gasteiger partial charge in [0.15, 0.2) is 9.84 Å². The molecule has 1 heterocycles. The highest BCUT2D eigenvalue weighted by atomic mass is 32.3. The van der Waals surface area contributed by atoms with Gasteiger partial charge in [-0.05, 0) is 25.1 Å². The molecule has 1 aromatic carbocycles. The number of hydrogen-bond donors (Lipinski definition) is 1. The largest absolute Gasteiger partial charge is 0.399 e. The lowest BCUT2D eigenvalue weighted by molar-refractivity contribution is 0.255. The van der Waals surface area contributed by atoms with Crippen molar-refractivity contribution in [1.29, 1.82) is 0 Å². The molecule has 0 radical (unpaired) electrons. The van der Waals surface area contributed by atoms with Crippen molar-refractivity contribution in [3.63, 3.8) is 0 Å². The Morgan fingerprint density at radius 1 is 1.15 bits per heavy atom. The average molecular weight is 406 g/mol. The van der Waals surface area contributed by atoms with Crippen LogP contribution >= 0.6 is 0 Å². The van der Waals surface area contributed by atoms with E-state index in [0.717, 1.165) is 7.11 Å². The first-order valence-electron chi connectivity index (χ1n) is 7.04. The van der Waals surface area contributed by atoms with E-state index in [2.05, 4.69) is 28.6 Å². The smallest absolute Gasteiger partial charge is 0.324 e. The number of hydrogen-bond acceptors (Lipinski definition) is 10. The van der Waals surface area contributed by atoms with Gasteiger partial charge in [-0.15, -0.1) is 0 Å². The summed E-state index contributed by atoms with van der Waals surface area (Å²) in [6.45, 7) is 0.874. The van der Waals surface area contributed by atoms with E-state index < -0.39 is 38.7 Å². The third kappa shape index (κ3) is 5.66. The Kier molecular flexibility index (Phi) is 6.17. The van der Waals surface area contributed by atoms with Gasteiger partial charge in [-0.1, -0.05) is 6.07 Å². The summed E-state index contributed by atoms with van der Waals surface area (Å²) in [7, 11) is -7.16. The summed E-state index contributed by atoms with van der Waals surface area (Å²) < 4.78 is 68.2. The summed E-state index contributed by atoms with van der Waals surface area (Å²) in [5, 5.41) is 2.67. The third-order valence-electron chi connectivity index (χ3n) is 2.95. The van der Waals surface area contributed by atoms with Gasteiger partial charge in [0.25, 0.3) is 0 Å². The highest BCUT2D eigenvalue weighted by Crippen LogP contribution is 2.19. The van der Waals surface area contributed by atoms with Crippen molar-refractivity contribution in [2.24, 2.45) is 0 Å². The first kappa shape index (κ1) is 20.1. The van der Waals surface area contributed by atoms with Gasteiger partial charge in [-0.2, -0.15) is 27.8 Å². The topological polar surface area (TPSA) is 137 Å². The van der Waals surface area contributed by atoms with Crippen molar-refractivity contribution in [3.8, 4) is 0 Å². The molecule has 0 aliphatic rings. The number of aromatic nitrogens is 3. The maximum Gasteiger partial charge on any atom is 0.399 e. The zero-order chi connectivity index (χ0) is 19.4. The lowest BCUT2D eigenvalue weighted by Crippen LogP contribution is -2.16. The number of anilines is 2. The number of aryl methyl sites for hydroxylation is 1. The predicted octanol–water partition coefficient (Wildman–Crippen LogP) is 0.744. The quantitative estimate of drug-likeness (QED) is 0.668. The average Bonchev–Trinajstić information content (AvgIpc) is 2.54. The molecule has 1 N–H and O–H groups in total. The van der Waals surface area contributed by atoms with Crippen LogP contribution in [-0.4, -0.2) is 51.3 Å². The molecule has 0 aliphatic carbocycles. The Morgan fingerprint density at radius 2 is 1.88 bits per heavy atom. The van der Waals surface area contributed by atoms with E-state index in [1.54, 1.807) is 0 Å². The van der Waals surface area contributed by atoms with Crippen LogP contribution in [0.3, 0.4) is 0 Å². The fourth-order valence-corrected chi connectivity index (χ4v) is 3.43. The minimum atomic E-state index is -4.22. The summed E-state index contributed by atoms with van der Waals surface area (Å²) in [5.74, 6) is -0.516. The molecule has 10 nitrogen and oxygen atoms in total. The normalized spacial score (nSPS) is 12.1. The second-order valence-corrected chi connectivity index (χ2v) is 8.34.